The van der Waals surface area contributed by atoms with Gasteiger partial charge in [-0.15, -0.1) is 0 Å². The van der Waals surface area contributed by atoms with Crippen molar-refractivity contribution in [3.8, 4) is 11.5 Å². The minimum absolute atomic E-state index is 0.149. The van der Waals surface area contributed by atoms with E-state index in [1.807, 2.05) is 0 Å². The maximum absolute atomic E-state index is 11.9. The SMILES string of the molecule is O=C(O)/C=C/c1cccc(OC(=O)CC(=O)Oc2cccc(/C=C/C(=O)O)c2)c1. The van der Waals surface area contributed by atoms with E-state index in [1.165, 1.54) is 36.4 Å². The highest BCUT2D eigenvalue weighted by atomic mass is 16.6. The van der Waals surface area contributed by atoms with Crippen molar-refractivity contribution in [3.05, 3.63) is 71.8 Å². The second-order valence-corrected chi connectivity index (χ2v) is 5.61. The Balaban J connectivity index is 1.94. The Labute approximate surface area is 165 Å². The van der Waals surface area contributed by atoms with Gasteiger partial charge in [0.05, 0.1) is 0 Å². The molecule has 2 aromatic carbocycles. The van der Waals surface area contributed by atoms with Gasteiger partial charge in [-0.2, -0.15) is 0 Å². The van der Waals surface area contributed by atoms with Crippen molar-refractivity contribution in [2.45, 2.75) is 6.42 Å². The molecule has 0 fully saturated rings. The zero-order valence-electron chi connectivity index (χ0n) is 15.0. The fraction of sp³-hybridized carbons (Fsp3) is 0.0476. The van der Waals surface area contributed by atoms with Crippen LogP contribution in [0.5, 0.6) is 11.5 Å². The van der Waals surface area contributed by atoms with E-state index in [9.17, 15) is 19.2 Å². The highest BCUT2D eigenvalue weighted by Crippen LogP contribution is 2.17. The monoisotopic (exact) mass is 396 g/mol. The molecule has 29 heavy (non-hydrogen) atoms. The smallest absolute Gasteiger partial charge is 0.328 e. The van der Waals surface area contributed by atoms with Crippen LogP contribution in [0.4, 0.5) is 0 Å². The molecule has 0 atom stereocenters. The van der Waals surface area contributed by atoms with Gasteiger partial charge in [0.2, 0.25) is 0 Å². The van der Waals surface area contributed by atoms with Crippen molar-refractivity contribution in [2.24, 2.45) is 0 Å². The van der Waals surface area contributed by atoms with Crippen LogP contribution in [0.3, 0.4) is 0 Å². The lowest BCUT2D eigenvalue weighted by molar-refractivity contribution is -0.144. The van der Waals surface area contributed by atoms with Gasteiger partial charge >= 0.3 is 23.9 Å². The Hall–Kier alpha value is -4.20. The van der Waals surface area contributed by atoms with E-state index >= 15 is 0 Å². The van der Waals surface area contributed by atoms with E-state index in [1.54, 1.807) is 24.3 Å². The molecule has 148 valence electrons. The Morgan fingerprint density at radius 3 is 1.52 bits per heavy atom. The summed E-state index contributed by atoms with van der Waals surface area (Å²) in [5, 5.41) is 17.3. The fourth-order valence-corrected chi connectivity index (χ4v) is 2.15. The molecule has 8 nitrogen and oxygen atoms in total. The molecule has 0 unspecified atom stereocenters. The van der Waals surface area contributed by atoms with Gasteiger partial charge in [0.15, 0.2) is 0 Å². The topological polar surface area (TPSA) is 127 Å². The van der Waals surface area contributed by atoms with Gasteiger partial charge in [-0.3, -0.25) is 9.59 Å². The number of rotatable bonds is 8. The minimum atomic E-state index is -1.11. The Morgan fingerprint density at radius 2 is 1.14 bits per heavy atom. The molecular formula is C21H16O8. The predicted molar refractivity (Wildman–Crippen MR) is 102 cm³/mol. The average molecular weight is 396 g/mol. The molecule has 0 radical (unpaired) electrons. The van der Waals surface area contributed by atoms with Gasteiger partial charge < -0.3 is 19.7 Å². The first-order chi connectivity index (χ1) is 13.8. The van der Waals surface area contributed by atoms with Gasteiger partial charge in [-0.25, -0.2) is 9.59 Å². The first-order valence-corrected chi connectivity index (χ1v) is 8.25. The van der Waals surface area contributed by atoms with E-state index in [0.29, 0.717) is 11.1 Å². The molecular weight excluding hydrogens is 380 g/mol. The zero-order chi connectivity index (χ0) is 21.2. The van der Waals surface area contributed by atoms with E-state index in [4.69, 9.17) is 19.7 Å². The number of carbonyl (C=O) groups is 4. The molecule has 0 heterocycles. The van der Waals surface area contributed by atoms with Crippen molar-refractivity contribution < 1.29 is 38.9 Å². The number of benzene rings is 2. The molecule has 2 aromatic rings. The Kier molecular flexibility index (Phi) is 7.43. The zero-order valence-corrected chi connectivity index (χ0v) is 15.0. The molecule has 0 aliphatic rings. The maximum Gasteiger partial charge on any atom is 0.328 e. The van der Waals surface area contributed by atoms with Crippen molar-refractivity contribution in [3.63, 3.8) is 0 Å². The third-order valence-electron chi connectivity index (χ3n) is 3.30. The lowest BCUT2D eigenvalue weighted by atomic mass is 10.2. The number of esters is 2. The quantitative estimate of drug-likeness (QED) is 0.302. The summed E-state index contributed by atoms with van der Waals surface area (Å²) in [6, 6.07) is 12.2. The number of ether oxygens (including phenoxy) is 2. The van der Waals surface area contributed by atoms with E-state index in [-0.39, 0.29) is 11.5 Å². The Morgan fingerprint density at radius 1 is 0.724 bits per heavy atom. The van der Waals surface area contributed by atoms with Crippen LogP contribution in [0.15, 0.2) is 60.7 Å². The first-order valence-electron chi connectivity index (χ1n) is 8.25. The largest absolute Gasteiger partial charge is 0.478 e. The number of hydrogen-bond acceptors (Lipinski definition) is 6. The summed E-state index contributed by atoms with van der Waals surface area (Å²) in [5.41, 5.74) is 1.01. The molecule has 8 heteroatoms. The van der Waals surface area contributed by atoms with Gasteiger partial charge in [0.25, 0.3) is 0 Å². The molecule has 2 N–H and O–H groups in total. The van der Waals surface area contributed by atoms with Crippen LogP contribution in [0.1, 0.15) is 17.5 Å². The second kappa shape index (κ2) is 10.2. The van der Waals surface area contributed by atoms with Crippen LogP contribution < -0.4 is 9.47 Å². The summed E-state index contributed by atoms with van der Waals surface area (Å²) in [6.45, 7) is 0. The van der Waals surface area contributed by atoms with Crippen LogP contribution in [0.25, 0.3) is 12.2 Å². The third kappa shape index (κ3) is 7.92. The standard InChI is InChI=1S/C21H16O8/c22-18(23)9-7-14-3-1-5-16(11-14)28-20(26)13-21(27)29-17-6-2-4-15(12-17)8-10-19(24)25/h1-12H,13H2,(H,22,23)(H,24,25)/b9-7+,10-8+. The summed E-state index contributed by atoms with van der Waals surface area (Å²) in [6.07, 6.45) is 3.90. The highest BCUT2D eigenvalue weighted by Gasteiger charge is 2.14. The highest BCUT2D eigenvalue weighted by molar-refractivity contribution is 5.93. The summed E-state index contributed by atoms with van der Waals surface area (Å²) in [7, 11) is 0. The van der Waals surface area contributed by atoms with Gasteiger partial charge in [0.1, 0.15) is 17.9 Å². The first kappa shape index (κ1) is 21.1. The van der Waals surface area contributed by atoms with Crippen molar-refractivity contribution in [2.75, 3.05) is 0 Å². The second-order valence-electron chi connectivity index (χ2n) is 5.61. The molecule has 0 aromatic heterocycles. The molecule has 0 saturated heterocycles. The molecule has 2 rings (SSSR count). The lowest BCUT2D eigenvalue weighted by Crippen LogP contribution is -2.18. The molecule has 0 spiro atoms. The van der Waals surface area contributed by atoms with E-state index < -0.39 is 30.3 Å². The van der Waals surface area contributed by atoms with E-state index in [0.717, 1.165) is 12.2 Å². The summed E-state index contributed by atoms with van der Waals surface area (Å²) in [5.74, 6) is -3.63. The number of carboxylic acids is 2. The average Bonchev–Trinajstić information content (AvgIpc) is 2.65. The van der Waals surface area contributed by atoms with Crippen molar-refractivity contribution >= 4 is 36.0 Å². The molecule has 0 saturated carbocycles. The summed E-state index contributed by atoms with van der Waals surface area (Å²) >= 11 is 0. The van der Waals surface area contributed by atoms with Gasteiger partial charge in [0, 0.05) is 12.2 Å². The number of hydrogen-bond donors (Lipinski definition) is 2. The minimum Gasteiger partial charge on any atom is -0.478 e. The molecule has 0 bridgehead atoms. The fourth-order valence-electron chi connectivity index (χ4n) is 2.15. The van der Waals surface area contributed by atoms with Crippen LogP contribution in [0, 0.1) is 0 Å². The molecule has 0 aliphatic carbocycles. The predicted octanol–water partition coefficient (Wildman–Crippen LogP) is 2.78. The van der Waals surface area contributed by atoms with Crippen molar-refractivity contribution in [1.29, 1.82) is 0 Å². The van der Waals surface area contributed by atoms with E-state index in [2.05, 4.69) is 0 Å². The van der Waals surface area contributed by atoms with Crippen molar-refractivity contribution in [1.82, 2.24) is 0 Å². The number of carbonyl (C=O) groups excluding carboxylic acids is 2. The van der Waals surface area contributed by atoms with Crippen LogP contribution in [-0.4, -0.2) is 34.1 Å². The number of aliphatic carboxylic acids is 2. The van der Waals surface area contributed by atoms with Crippen LogP contribution in [-0.2, 0) is 19.2 Å². The van der Waals surface area contributed by atoms with Gasteiger partial charge in [-0.05, 0) is 47.5 Å². The Bertz CT molecular complexity index is 908. The summed E-state index contributed by atoms with van der Waals surface area (Å²) in [4.78, 5) is 44.9. The lowest BCUT2D eigenvalue weighted by Gasteiger charge is -2.06. The number of carboxylic acid groups (broad SMARTS) is 2. The van der Waals surface area contributed by atoms with Crippen LogP contribution >= 0.6 is 0 Å². The maximum atomic E-state index is 11.9. The summed E-state index contributed by atoms with van der Waals surface area (Å²) < 4.78 is 10.1. The van der Waals surface area contributed by atoms with Crippen LogP contribution in [0.2, 0.25) is 0 Å². The normalized spacial score (nSPS) is 10.8. The molecule has 0 aliphatic heterocycles. The molecule has 0 amide bonds. The third-order valence-corrected chi connectivity index (χ3v) is 3.30. The van der Waals surface area contributed by atoms with Gasteiger partial charge in [-0.1, -0.05) is 24.3 Å².